The molecule has 1 atom stereocenters. The van der Waals surface area contributed by atoms with Crippen LogP contribution in [0.4, 0.5) is 5.69 Å². The zero-order chi connectivity index (χ0) is 18.3. The second kappa shape index (κ2) is 7.14. The van der Waals surface area contributed by atoms with Gasteiger partial charge >= 0.3 is 0 Å². The summed E-state index contributed by atoms with van der Waals surface area (Å²) in [6.45, 7) is 6.61. The Morgan fingerprint density at radius 1 is 1.12 bits per heavy atom. The number of nitrogens with one attached hydrogen (secondary N) is 2. The van der Waals surface area contributed by atoms with E-state index in [9.17, 15) is 0 Å². The Hall–Kier alpha value is -1.09. The highest BCUT2D eigenvalue weighted by Crippen LogP contribution is 2.61. The van der Waals surface area contributed by atoms with Crippen LogP contribution in [-0.4, -0.2) is 11.2 Å². The van der Waals surface area contributed by atoms with Crippen LogP contribution in [0.3, 0.4) is 0 Å². The van der Waals surface area contributed by atoms with E-state index in [1.807, 2.05) is 0 Å². The highest BCUT2D eigenvalue weighted by molar-refractivity contribution is 7.80. The summed E-state index contributed by atoms with van der Waals surface area (Å²) in [5.41, 5.74) is 4.19. The van der Waals surface area contributed by atoms with Gasteiger partial charge in [0.25, 0.3) is 0 Å². The first-order valence-corrected chi connectivity index (χ1v) is 11.0. The first kappa shape index (κ1) is 18.3. The number of hydrogen-bond donors (Lipinski definition) is 2. The van der Waals surface area contributed by atoms with Crippen LogP contribution in [0.2, 0.25) is 0 Å². The molecule has 0 radical (unpaired) electrons. The second-order valence-corrected chi connectivity index (χ2v) is 9.95. The molecule has 0 aliphatic heterocycles. The Bertz CT molecular complexity index is 646. The maximum absolute atomic E-state index is 5.75. The van der Waals surface area contributed by atoms with Crippen LogP contribution < -0.4 is 10.6 Å². The monoisotopic (exact) mass is 370 g/mol. The van der Waals surface area contributed by atoms with Crippen molar-refractivity contribution in [1.29, 1.82) is 0 Å². The molecule has 4 aliphatic carbocycles. The van der Waals surface area contributed by atoms with Crippen molar-refractivity contribution >= 4 is 23.0 Å². The molecule has 0 spiro atoms. The molecule has 0 saturated heterocycles. The van der Waals surface area contributed by atoms with Crippen LogP contribution in [-0.2, 0) is 0 Å². The molecular weight excluding hydrogens is 336 g/mol. The van der Waals surface area contributed by atoms with Crippen molar-refractivity contribution in [3.8, 4) is 0 Å². The standard InChI is InChI=1S/C23H34N2S/c1-4-5-21(23-12-17-9-18(13-23)11-19(10-17)14-23)25-22(26)24-20-7-6-15(2)8-16(20)3/h6-8,17-19,21H,4-5,9-14H2,1-3H3,(H2,24,25,26). The Morgan fingerprint density at radius 2 is 1.73 bits per heavy atom. The van der Waals surface area contributed by atoms with E-state index < -0.39 is 0 Å². The van der Waals surface area contributed by atoms with Crippen molar-refractivity contribution < 1.29 is 0 Å². The number of anilines is 1. The number of rotatable bonds is 5. The second-order valence-electron chi connectivity index (χ2n) is 9.54. The molecule has 4 saturated carbocycles. The summed E-state index contributed by atoms with van der Waals surface area (Å²) in [5.74, 6) is 2.97. The molecule has 1 aromatic rings. The van der Waals surface area contributed by atoms with Crippen LogP contribution in [0.15, 0.2) is 18.2 Å². The van der Waals surface area contributed by atoms with Crippen LogP contribution >= 0.6 is 12.2 Å². The lowest BCUT2D eigenvalue weighted by Crippen LogP contribution is -2.57. The average Bonchev–Trinajstić information content (AvgIpc) is 2.56. The maximum atomic E-state index is 5.75. The Labute approximate surface area is 164 Å². The summed E-state index contributed by atoms with van der Waals surface area (Å²) in [7, 11) is 0. The summed E-state index contributed by atoms with van der Waals surface area (Å²) in [4.78, 5) is 0. The van der Waals surface area contributed by atoms with Gasteiger partial charge in [0.1, 0.15) is 0 Å². The SMILES string of the molecule is CCCC(NC(=S)Nc1ccc(C)cc1C)C12CC3CC(CC(C3)C1)C2. The third-order valence-corrected chi connectivity index (χ3v) is 7.56. The molecule has 1 unspecified atom stereocenters. The lowest BCUT2D eigenvalue weighted by molar-refractivity contribution is -0.0718. The van der Waals surface area contributed by atoms with E-state index in [4.69, 9.17) is 12.2 Å². The number of benzene rings is 1. The Kier molecular flexibility index (Phi) is 5.02. The minimum absolute atomic E-state index is 0.499. The Morgan fingerprint density at radius 3 is 2.27 bits per heavy atom. The molecule has 2 nitrogen and oxygen atoms in total. The summed E-state index contributed by atoms with van der Waals surface area (Å²) in [5, 5.41) is 8.08. The van der Waals surface area contributed by atoms with Crippen molar-refractivity contribution in [3.05, 3.63) is 29.3 Å². The molecule has 142 valence electrons. The molecule has 0 heterocycles. The van der Waals surface area contributed by atoms with E-state index in [-0.39, 0.29) is 0 Å². The predicted molar refractivity (Wildman–Crippen MR) is 115 cm³/mol. The summed E-state index contributed by atoms with van der Waals surface area (Å²) >= 11 is 5.75. The van der Waals surface area contributed by atoms with Gasteiger partial charge in [-0.2, -0.15) is 0 Å². The molecule has 4 fully saturated rings. The van der Waals surface area contributed by atoms with Gasteiger partial charge in [0, 0.05) is 11.7 Å². The van der Waals surface area contributed by atoms with Gasteiger partial charge in [-0.3, -0.25) is 0 Å². The largest absolute Gasteiger partial charge is 0.359 e. The van der Waals surface area contributed by atoms with E-state index in [1.54, 1.807) is 0 Å². The zero-order valence-corrected chi connectivity index (χ0v) is 17.4. The van der Waals surface area contributed by atoms with Crippen LogP contribution in [0, 0.1) is 37.0 Å². The first-order chi connectivity index (χ1) is 12.5. The normalized spacial score (nSPS) is 33.1. The quantitative estimate of drug-likeness (QED) is 0.624. The van der Waals surface area contributed by atoms with Gasteiger partial charge < -0.3 is 10.6 Å². The molecule has 2 N–H and O–H groups in total. The Balaban J connectivity index is 1.47. The van der Waals surface area contributed by atoms with E-state index in [2.05, 4.69) is 49.6 Å². The lowest BCUT2D eigenvalue weighted by atomic mass is 9.47. The van der Waals surface area contributed by atoms with Crippen LogP contribution in [0.1, 0.15) is 69.4 Å². The fourth-order valence-corrected chi connectivity index (χ4v) is 6.95. The minimum Gasteiger partial charge on any atom is -0.359 e. The lowest BCUT2D eigenvalue weighted by Gasteiger charge is -2.59. The molecule has 26 heavy (non-hydrogen) atoms. The topological polar surface area (TPSA) is 24.1 Å². The highest BCUT2D eigenvalue weighted by Gasteiger charge is 2.54. The van der Waals surface area contributed by atoms with Gasteiger partial charge in [0.15, 0.2) is 5.11 Å². The minimum atomic E-state index is 0.499. The molecule has 4 aliphatic rings. The maximum Gasteiger partial charge on any atom is 0.171 e. The molecule has 1 aromatic carbocycles. The number of hydrogen-bond acceptors (Lipinski definition) is 1. The van der Waals surface area contributed by atoms with Gasteiger partial charge in [-0.05, 0) is 106 Å². The summed E-state index contributed by atoms with van der Waals surface area (Å²) in [6.07, 6.45) is 11.3. The van der Waals surface area contributed by atoms with Crippen molar-refractivity contribution in [2.24, 2.45) is 23.2 Å². The van der Waals surface area contributed by atoms with Crippen LogP contribution in [0.5, 0.6) is 0 Å². The van der Waals surface area contributed by atoms with Gasteiger partial charge in [0.05, 0.1) is 0 Å². The fourth-order valence-electron chi connectivity index (χ4n) is 6.70. The summed E-state index contributed by atoms with van der Waals surface area (Å²) in [6, 6.07) is 7.05. The first-order valence-electron chi connectivity index (χ1n) is 10.6. The van der Waals surface area contributed by atoms with E-state index in [0.29, 0.717) is 11.5 Å². The highest BCUT2D eigenvalue weighted by atomic mass is 32.1. The molecule has 0 aromatic heterocycles. The third-order valence-electron chi connectivity index (χ3n) is 7.34. The summed E-state index contributed by atoms with van der Waals surface area (Å²) < 4.78 is 0. The van der Waals surface area contributed by atoms with Crippen LogP contribution in [0.25, 0.3) is 0 Å². The molecule has 4 bridgehead atoms. The number of thiocarbonyl (C=S) groups is 1. The van der Waals surface area contributed by atoms with Gasteiger partial charge in [0.2, 0.25) is 0 Å². The predicted octanol–water partition coefficient (Wildman–Crippen LogP) is 5.97. The molecular formula is C23H34N2S. The molecule has 5 rings (SSSR count). The zero-order valence-electron chi connectivity index (χ0n) is 16.6. The van der Waals surface area contributed by atoms with Crippen molar-refractivity contribution in [2.75, 3.05) is 5.32 Å². The fraction of sp³-hybridized carbons (Fsp3) is 0.696. The van der Waals surface area contributed by atoms with Gasteiger partial charge in [-0.25, -0.2) is 0 Å². The van der Waals surface area contributed by atoms with Crippen molar-refractivity contribution in [3.63, 3.8) is 0 Å². The van der Waals surface area contributed by atoms with Crippen molar-refractivity contribution in [1.82, 2.24) is 5.32 Å². The molecule has 3 heteroatoms. The van der Waals surface area contributed by atoms with Gasteiger partial charge in [-0.1, -0.05) is 31.0 Å². The smallest absolute Gasteiger partial charge is 0.171 e. The third kappa shape index (κ3) is 3.52. The molecule has 0 amide bonds. The van der Waals surface area contributed by atoms with E-state index in [0.717, 1.165) is 28.6 Å². The number of aryl methyl sites for hydroxylation is 2. The van der Waals surface area contributed by atoms with E-state index in [1.165, 1.54) is 62.5 Å². The average molecular weight is 371 g/mol. The van der Waals surface area contributed by atoms with E-state index >= 15 is 0 Å². The van der Waals surface area contributed by atoms with Crippen molar-refractivity contribution in [2.45, 2.75) is 78.2 Å². The van der Waals surface area contributed by atoms with Gasteiger partial charge in [-0.15, -0.1) is 0 Å².